The zero-order valence-electron chi connectivity index (χ0n) is 18.1. The highest BCUT2D eigenvalue weighted by Gasteiger charge is 2.58. The van der Waals surface area contributed by atoms with Crippen molar-refractivity contribution < 1.29 is 14.0 Å². The van der Waals surface area contributed by atoms with Gasteiger partial charge in [-0.3, -0.25) is 0 Å². The summed E-state index contributed by atoms with van der Waals surface area (Å²) in [6.45, 7) is 18.8. The van der Waals surface area contributed by atoms with Crippen molar-refractivity contribution in [3.8, 4) is 0 Å². The molecule has 0 aromatic carbocycles. The van der Waals surface area contributed by atoms with E-state index in [0.717, 1.165) is 18.4 Å². The van der Waals surface area contributed by atoms with Crippen LogP contribution in [0.25, 0.3) is 0 Å². The van der Waals surface area contributed by atoms with Gasteiger partial charge in [0.05, 0.1) is 12.6 Å². The van der Waals surface area contributed by atoms with Crippen molar-refractivity contribution in [2.24, 2.45) is 23.7 Å². The minimum absolute atomic E-state index is 0.143. The molecule has 150 valence electrons. The van der Waals surface area contributed by atoms with E-state index in [1.807, 2.05) is 25.7 Å². The average molecular weight is 382 g/mol. The highest BCUT2D eigenvalue weighted by molar-refractivity contribution is 6.74. The molecule has 3 fully saturated rings. The van der Waals surface area contributed by atoms with E-state index in [2.05, 4.69) is 33.9 Å². The number of fused-ring (bicyclic) bond motifs is 5. The molecule has 1 heterocycles. The average Bonchev–Trinajstić information content (AvgIpc) is 3.13. The van der Waals surface area contributed by atoms with Gasteiger partial charge < -0.3 is 14.1 Å². The van der Waals surface area contributed by atoms with Gasteiger partial charge in [0.2, 0.25) is 0 Å². The molecule has 0 radical (unpaired) electrons. The third kappa shape index (κ3) is 3.71. The lowest BCUT2D eigenvalue weighted by atomic mass is 9.79. The van der Waals surface area contributed by atoms with Crippen LogP contribution >= 0.6 is 0 Å². The van der Waals surface area contributed by atoms with Crippen molar-refractivity contribution in [2.45, 2.75) is 90.6 Å². The highest BCUT2D eigenvalue weighted by Crippen LogP contribution is 2.57. The van der Waals surface area contributed by atoms with E-state index in [0.29, 0.717) is 18.4 Å². The molecule has 0 aromatic rings. The third-order valence-electron chi connectivity index (χ3n) is 7.46. The van der Waals surface area contributed by atoms with Gasteiger partial charge in [-0.25, -0.2) is 4.79 Å². The van der Waals surface area contributed by atoms with E-state index >= 15 is 0 Å². The second-order valence-electron chi connectivity index (χ2n) is 11.3. The zero-order chi connectivity index (χ0) is 19.5. The number of hydrogen-bond donors (Lipinski definition) is 0. The molecule has 0 spiro atoms. The van der Waals surface area contributed by atoms with E-state index < -0.39 is 13.9 Å². The summed E-state index contributed by atoms with van der Waals surface area (Å²) in [5, 5.41) is 0.191. The molecule has 0 aromatic heterocycles. The lowest BCUT2D eigenvalue weighted by Gasteiger charge is -2.39. The van der Waals surface area contributed by atoms with E-state index in [1.54, 1.807) is 0 Å². The Kier molecular flexibility index (Phi) is 5.05. The smallest absolute Gasteiger partial charge is 0.410 e. The zero-order valence-corrected chi connectivity index (χ0v) is 19.1. The van der Waals surface area contributed by atoms with Crippen molar-refractivity contribution >= 4 is 14.4 Å². The van der Waals surface area contributed by atoms with Crippen LogP contribution in [-0.4, -0.2) is 44.1 Å². The molecule has 26 heavy (non-hydrogen) atoms. The fraction of sp³-hybridized carbons (Fsp3) is 0.952. The number of likely N-dealkylation sites (tertiary alicyclic amines) is 1. The van der Waals surface area contributed by atoms with Crippen molar-refractivity contribution in [3.63, 3.8) is 0 Å². The van der Waals surface area contributed by atoms with Gasteiger partial charge in [-0.05, 0) is 81.8 Å². The maximum absolute atomic E-state index is 12.9. The Morgan fingerprint density at radius 1 is 1.08 bits per heavy atom. The number of amides is 1. The molecule has 2 saturated carbocycles. The molecule has 5 heteroatoms. The van der Waals surface area contributed by atoms with Crippen LogP contribution in [0.4, 0.5) is 4.79 Å². The topological polar surface area (TPSA) is 38.8 Å². The summed E-state index contributed by atoms with van der Waals surface area (Å²) in [5.74, 6) is 2.87. The number of rotatable bonds is 3. The molecule has 4 nitrogen and oxygen atoms in total. The first-order valence-corrected chi connectivity index (χ1v) is 13.3. The Labute approximate surface area is 161 Å². The molecular weight excluding hydrogens is 342 g/mol. The molecule has 3 rings (SSSR count). The Bertz CT molecular complexity index is 548. The highest BCUT2D eigenvalue weighted by atomic mass is 28.4. The lowest BCUT2D eigenvalue weighted by Crippen LogP contribution is -2.49. The van der Waals surface area contributed by atoms with Crippen molar-refractivity contribution in [3.05, 3.63) is 0 Å². The van der Waals surface area contributed by atoms with Gasteiger partial charge in [-0.15, -0.1) is 0 Å². The van der Waals surface area contributed by atoms with Crippen LogP contribution in [0.5, 0.6) is 0 Å². The van der Waals surface area contributed by atoms with Crippen LogP contribution < -0.4 is 0 Å². The Balaban J connectivity index is 1.77. The van der Waals surface area contributed by atoms with Gasteiger partial charge in [0.15, 0.2) is 8.32 Å². The molecule has 0 N–H and O–H groups in total. The van der Waals surface area contributed by atoms with Gasteiger partial charge in [0.25, 0.3) is 0 Å². The van der Waals surface area contributed by atoms with Gasteiger partial charge in [-0.1, -0.05) is 20.8 Å². The molecule has 4 unspecified atom stereocenters. The van der Waals surface area contributed by atoms with Crippen molar-refractivity contribution in [1.29, 1.82) is 0 Å². The molecule has 1 saturated heterocycles. The number of carbonyl (C=O) groups is 1. The predicted molar refractivity (Wildman–Crippen MR) is 108 cm³/mol. The maximum atomic E-state index is 12.9. The largest absolute Gasteiger partial charge is 0.444 e. The summed E-state index contributed by atoms with van der Waals surface area (Å²) >= 11 is 0. The second kappa shape index (κ2) is 6.51. The number of nitrogens with zero attached hydrogens (tertiary/aromatic N) is 1. The third-order valence-corrected chi connectivity index (χ3v) is 12.0. The number of ether oxygens (including phenoxy) is 1. The van der Waals surface area contributed by atoms with E-state index in [9.17, 15) is 4.79 Å². The van der Waals surface area contributed by atoms with Crippen LogP contribution in [0.2, 0.25) is 18.1 Å². The molecule has 2 aliphatic carbocycles. The molecule has 5 atom stereocenters. The molecule has 2 bridgehead atoms. The second-order valence-corrected chi connectivity index (χ2v) is 16.2. The summed E-state index contributed by atoms with van der Waals surface area (Å²) in [5.41, 5.74) is -0.446. The fourth-order valence-electron chi connectivity index (χ4n) is 5.14. The molecule has 3 aliphatic rings. The predicted octanol–water partition coefficient (Wildman–Crippen LogP) is 5.29. The van der Waals surface area contributed by atoms with Crippen LogP contribution in [0.15, 0.2) is 0 Å². The van der Waals surface area contributed by atoms with Gasteiger partial charge in [0.1, 0.15) is 5.60 Å². The number of hydrogen-bond acceptors (Lipinski definition) is 3. The fourth-order valence-corrected chi connectivity index (χ4v) is 6.16. The Morgan fingerprint density at radius 3 is 2.27 bits per heavy atom. The standard InChI is InChI=1S/C21H39NO3Si/c1-20(2,3)25-19(23)22-12-16-14-9-10-15(11-14)18(16)17(22)13-24-26(7,8)21(4,5)6/h14-18H,9-13H2,1-8H3/t14?,15?,16?,17-,18?/m1/s1. The lowest BCUT2D eigenvalue weighted by molar-refractivity contribution is 0.0132. The Morgan fingerprint density at radius 2 is 1.69 bits per heavy atom. The van der Waals surface area contributed by atoms with Crippen LogP contribution in [0.1, 0.15) is 60.8 Å². The van der Waals surface area contributed by atoms with Gasteiger partial charge in [0, 0.05) is 6.54 Å². The monoisotopic (exact) mass is 381 g/mol. The van der Waals surface area contributed by atoms with E-state index in [-0.39, 0.29) is 17.2 Å². The van der Waals surface area contributed by atoms with Crippen LogP contribution in [0.3, 0.4) is 0 Å². The minimum atomic E-state index is -1.83. The van der Waals surface area contributed by atoms with Crippen LogP contribution in [0, 0.1) is 23.7 Å². The van der Waals surface area contributed by atoms with E-state index in [1.165, 1.54) is 19.3 Å². The SMILES string of the molecule is CC(C)(C)OC(=O)N1CC2C3CCC(C3)C2[C@H]1CO[Si](C)(C)C(C)(C)C. The van der Waals surface area contributed by atoms with Crippen molar-refractivity contribution in [1.82, 2.24) is 4.90 Å². The number of carbonyl (C=O) groups excluding carboxylic acids is 1. The normalized spacial score (nSPS) is 34.3. The van der Waals surface area contributed by atoms with Crippen molar-refractivity contribution in [2.75, 3.05) is 13.2 Å². The summed E-state index contributed by atoms with van der Waals surface area (Å²) in [6.07, 6.45) is 3.91. The van der Waals surface area contributed by atoms with Gasteiger partial charge >= 0.3 is 6.09 Å². The quantitative estimate of drug-likeness (QED) is 0.624. The maximum Gasteiger partial charge on any atom is 0.410 e. The van der Waals surface area contributed by atoms with Gasteiger partial charge in [-0.2, -0.15) is 0 Å². The minimum Gasteiger partial charge on any atom is -0.444 e. The summed E-state index contributed by atoms with van der Waals surface area (Å²) in [6, 6.07) is 0.194. The molecule has 1 amide bonds. The van der Waals surface area contributed by atoms with E-state index in [4.69, 9.17) is 9.16 Å². The van der Waals surface area contributed by atoms with Crippen LogP contribution in [-0.2, 0) is 9.16 Å². The Hall–Kier alpha value is -0.553. The first-order chi connectivity index (χ1) is 11.8. The summed E-state index contributed by atoms with van der Waals surface area (Å²) in [7, 11) is -1.83. The summed E-state index contributed by atoms with van der Waals surface area (Å²) < 4.78 is 12.3. The first kappa shape index (κ1) is 20.2. The first-order valence-electron chi connectivity index (χ1n) is 10.4. The summed E-state index contributed by atoms with van der Waals surface area (Å²) in [4.78, 5) is 14.9. The molecular formula is C21H39NO3Si. The molecule has 1 aliphatic heterocycles.